The van der Waals surface area contributed by atoms with Crippen molar-refractivity contribution in [3.63, 3.8) is 0 Å². The van der Waals surface area contributed by atoms with Gasteiger partial charge in [-0.1, -0.05) is 12.0 Å². The fourth-order valence-corrected chi connectivity index (χ4v) is 1.66. The summed E-state index contributed by atoms with van der Waals surface area (Å²) < 4.78 is 0. The maximum absolute atomic E-state index is 10.9. The van der Waals surface area contributed by atoms with E-state index in [1.807, 2.05) is 36.9 Å². The van der Waals surface area contributed by atoms with Gasteiger partial charge in [0.25, 0.3) is 0 Å². The number of amides is 1. The Bertz CT molecular complexity index is 463. The van der Waals surface area contributed by atoms with Crippen LogP contribution in [-0.2, 0) is 0 Å². The lowest BCUT2D eigenvalue weighted by Gasteiger charge is -2.27. The molecule has 1 aromatic carbocycles. The smallest absolute Gasteiger partial charge is 0.411 e. The Balaban J connectivity index is 3.07. The fraction of sp³-hybridized carbons (Fsp3) is 0.357. The molecule has 96 valence electrons. The van der Waals surface area contributed by atoms with Crippen LogP contribution in [0.1, 0.15) is 13.8 Å². The second-order valence-corrected chi connectivity index (χ2v) is 4.29. The Morgan fingerprint density at radius 3 is 2.56 bits per heavy atom. The van der Waals surface area contributed by atoms with E-state index in [-0.39, 0.29) is 6.04 Å². The molecular formula is C14H18N2O2. The van der Waals surface area contributed by atoms with Gasteiger partial charge in [-0.05, 0) is 32.0 Å². The van der Waals surface area contributed by atoms with Crippen LogP contribution in [0.3, 0.4) is 0 Å². The summed E-state index contributed by atoms with van der Waals surface area (Å²) in [6.07, 6.45) is 4.37. The predicted octanol–water partition coefficient (Wildman–Crippen LogP) is 2.65. The van der Waals surface area contributed by atoms with Crippen molar-refractivity contribution in [2.75, 3.05) is 23.4 Å². The van der Waals surface area contributed by atoms with Crippen LogP contribution in [0.5, 0.6) is 0 Å². The van der Waals surface area contributed by atoms with Crippen LogP contribution in [-0.4, -0.2) is 30.8 Å². The Hall–Kier alpha value is -2.15. The summed E-state index contributed by atoms with van der Waals surface area (Å²) in [7, 11) is 1.52. The molecule has 4 heteroatoms. The third-order valence-corrected chi connectivity index (χ3v) is 2.72. The molecule has 0 spiro atoms. The topological polar surface area (TPSA) is 43.8 Å². The lowest BCUT2D eigenvalue weighted by atomic mass is 10.2. The summed E-state index contributed by atoms with van der Waals surface area (Å²) in [6.45, 7) is 4.59. The molecular weight excluding hydrogens is 228 g/mol. The van der Waals surface area contributed by atoms with Gasteiger partial charge >= 0.3 is 6.09 Å². The van der Waals surface area contributed by atoms with Crippen LogP contribution in [0.2, 0.25) is 0 Å². The van der Waals surface area contributed by atoms with Gasteiger partial charge in [-0.25, -0.2) is 4.79 Å². The monoisotopic (exact) mass is 246 g/mol. The van der Waals surface area contributed by atoms with E-state index in [4.69, 9.17) is 11.5 Å². The minimum absolute atomic E-state index is 0.256. The van der Waals surface area contributed by atoms with Gasteiger partial charge in [0.15, 0.2) is 0 Å². The van der Waals surface area contributed by atoms with Crippen LogP contribution in [0.15, 0.2) is 24.3 Å². The number of nitrogens with zero attached hydrogens (tertiary/aromatic N) is 2. The Labute approximate surface area is 108 Å². The van der Waals surface area contributed by atoms with Crippen LogP contribution in [0.4, 0.5) is 16.2 Å². The van der Waals surface area contributed by atoms with Crippen molar-refractivity contribution in [1.29, 1.82) is 0 Å². The number of benzene rings is 1. The minimum atomic E-state index is -0.986. The summed E-state index contributed by atoms with van der Waals surface area (Å²) >= 11 is 0. The number of carboxylic acid groups (broad SMARTS) is 1. The van der Waals surface area contributed by atoms with E-state index in [0.717, 1.165) is 5.69 Å². The predicted molar refractivity (Wildman–Crippen MR) is 74.2 cm³/mol. The van der Waals surface area contributed by atoms with E-state index in [1.165, 1.54) is 11.9 Å². The molecule has 0 aliphatic rings. The minimum Gasteiger partial charge on any atom is -0.465 e. The molecule has 0 radical (unpaired) electrons. The van der Waals surface area contributed by atoms with Gasteiger partial charge in [-0.2, -0.15) is 0 Å². The van der Waals surface area contributed by atoms with Crippen LogP contribution in [0.25, 0.3) is 0 Å². The van der Waals surface area contributed by atoms with Gasteiger partial charge in [0.2, 0.25) is 0 Å². The van der Waals surface area contributed by atoms with E-state index in [1.54, 1.807) is 6.07 Å². The summed E-state index contributed by atoms with van der Waals surface area (Å²) in [5, 5.41) is 8.96. The average molecular weight is 246 g/mol. The third-order valence-electron chi connectivity index (χ3n) is 2.72. The van der Waals surface area contributed by atoms with Gasteiger partial charge in [0.05, 0.1) is 6.54 Å². The van der Waals surface area contributed by atoms with E-state index in [9.17, 15) is 4.79 Å². The first-order chi connectivity index (χ1) is 8.47. The van der Waals surface area contributed by atoms with E-state index >= 15 is 0 Å². The van der Waals surface area contributed by atoms with Crippen molar-refractivity contribution in [3.8, 4) is 12.3 Å². The Kier molecular flexibility index (Phi) is 4.61. The van der Waals surface area contributed by atoms with Crippen molar-refractivity contribution >= 4 is 17.5 Å². The van der Waals surface area contributed by atoms with E-state index in [2.05, 4.69) is 5.92 Å². The second-order valence-electron chi connectivity index (χ2n) is 4.29. The number of terminal acetylenes is 1. The quantitative estimate of drug-likeness (QED) is 0.831. The molecule has 4 nitrogen and oxygen atoms in total. The fourth-order valence-electron chi connectivity index (χ4n) is 1.66. The van der Waals surface area contributed by atoms with Crippen LogP contribution >= 0.6 is 0 Å². The molecule has 0 unspecified atom stereocenters. The Morgan fingerprint density at radius 2 is 2.06 bits per heavy atom. The maximum atomic E-state index is 10.9. The van der Waals surface area contributed by atoms with Crippen molar-refractivity contribution in [2.24, 2.45) is 0 Å². The van der Waals surface area contributed by atoms with E-state index in [0.29, 0.717) is 12.2 Å². The van der Waals surface area contributed by atoms with Gasteiger partial charge < -0.3 is 10.0 Å². The van der Waals surface area contributed by atoms with Crippen molar-refractivity contribution in [3.05, 3.63) is 24.3 Å². The molecule has 1 N–H and O–H groups in total. The van der Waals surface area contributed by atoms with Crippen molar-refractivity contribution in [2.45, 2.75) is 19.9 Å². The van der Waals surface area contributed by atoms with Crippen LogP contribution in [0, 0.1) is 12.3 Å². The zero-order chi connectivity index (χ0) is 13.7. The first-order valence-corrected chi connectivity index (χ1v) is 5.74. The van der Waals surface area contributed by atoms with Gasteiger partial charge in [0, 0.05) is 24.5 Å². The normalized spacial score (nSPS) is 9.94. The molecule has 1 amide bonds. The number of carbonyl (C=O) groups is 1. The average Bonchev–Trinajstić information content (AvgIpc) is 2.34. The molecule has 18 heavy (non-hydrogen) atoms. The van der Waals surface area contributed by atoms with Crippen molar-refractivity contribution < 1.29 is 9.90 Å². The lowest BCUT2D eigenvalue weighted by Crippen LogP contribution is -2.31. The van der Waals surface area contributed by atoms with E-state index < -0.39 is 6.09 Å². The third kappa shape index (κ3) is 3.17. The first kappa shape index (κ1) is 13.9. The molecule has 0 aromatic heterocycles. The van der Waals surface area contributed by atoms with Crippen molar-refractivity contribution in [1.82, 2.24) is 0 Å². The Morgan fingerprint density at radius 1 is 1.44 bits per heavy atom. The zero-order valence-corrected chi connectivity index (χ0v) is 10.9. The summed E-state index contributed by atoms with van der Waals surface area (Å²) in [4.78, 5) is 14.1. The molecule has 0 atom stereocenters. The summed E-state index contributed by atoms with van der Waals surface area (Å²) in [6, 6.07) is 7.59. The highest BCUT2D eigenvalue weighted by molar-refractivity contribution is 5.86. The molecule has 0 saturated heterocycles. The highest BCUT2D eigenvalue weighted by atomic mass is 16.4. The molecule has 0 heterocycles. The number of rotatable bonds is 4. The molecule has 0 bridgehead atoms. The molecule has 1 rings (SSSR count). The highest BCUT2D eigenvalue weighted by Crippen LogP contribution is 2.23. The van der Waals surface area contributed by atoms with Crippen LogP contribution < -0.4 is 9.80 Å². The van der Waals surface area contributed by atoms with Gasteiger partial charge in [-0.15, -0.1) is 6.42 Å². The van der Waals surface area contributed by atoms with Gasteiger partial charge in [0.1, 0.15) is 0 Å². The standard InChI is InChI=1S/C14H18N2O2/c1-5-9-16(11(2)3)13-8-6-7-12(10-13)15(4)14(17)18/h1,6-8,10-11H,9H2,2-4H3,(H,17,18). The molecule has 0 saturated carbocycles. The molecule has 0 fully saturated rings. The maximum Gasteiger partial charge on any atom is 0.411 e. The number of hydrogen-bond acceptors (Lipinski definition) is 2. The summed E-state index contributed by atoms with van der Waals surface area (Å²) in [5.41, 5.74) is 1.55. The zero-order valence-electron chi connectivity index (χ0n) is 10.9. The SMILES string of the molecule is C#CCN(c1cccc(N(C)C(=O)O)c1)C(C)C. The largest absolute Gasteiger partial charge is 0.465 e. The second kappa shape index (κ2) is 5.97. The lowest BCUT2D eigenvalue weighted by molar-refractivity contribution is 0.203. The number of anilines is 2. The highest BCUT2D eigenvalue weighted by Gasteiger charge is 2.13. The molecule has 0 aliphatic heterocycles. The number of hydrogen-bond donors (Lipinski definition) is 1. The molecule has 1 aromatic rings. The molecule has 0 aliphatic carbocycles. The first-order valence-electron chi connectivity index (χ1n) is 5.74. The van der Waals surface area contributed by atoms with Gasteiger partial charge in [-0.3, -0.25) is 4.90 Å². The summed E-state index contributed by atoms with van der Waals surface area (Å²) in [5.74, 6) is 2.62.